The Morgan fingerprint density at radius 3 is 2.31 bits per heavy atom. The van der Waals surface area contributed by atoms with Crippen LogP contribution < -0.4 is 15.5 Å². The fraction of sp³-hybridized carbons (Fsp3) is 0.440. The van der Waals surface area contributed by atoms with Gasteiger partial charge in [-0.2, -0.15) is 0 Å². The summed E-state index contributed by atoms with van der Waals surface area (Å²) in [4.78, 5) is 28.1. The van der Waals surface area contributed by atoms with Crippen molar-refractivity contribution in [1.82, 2.24) is 10.2 Å². The normalized spacial score (nSPS) is 19.2. The first-order valence-corrected chi connectivity index (χ1v) is 11.7. The fourth-order valence-electron chi connectivity index (χ4n) is 4.56. The number of nitrogens with zero attached hydrogens (tertiary/aromatic N) is 2. The van der Waals surface area contributed by atoms with Crippen molar-refractivity contribution in [2.75, 3.05) is 42.9 Å². The third-order valence-electron chi connectivity index (χ3n) is 6.44. The van der Waals surface area contributed by atoms with Crippen molar-refractivity contribution < 1.29 is 9.59 Å². The monoisotopic (exact) mass is 454 g/mol. The number of Topliss-reactive ketones (excluding diaryl/α,β-unsaturated/α-hetero) is 1. The number of benzene rings is 2. The molecule has 2 aromatic rings. The molecule has 0 aromatic heterocycles. The van der Waals surface area contributed by atoms with E-state index in [1.807, 2.05) is 29.2 Å². The maximum atomic E-state index is 12.7. The number of hydrogen-bond donors (Lipinski definition) is 2. The Bertz CT molecular complexity index is 924. The lowest BCUT2D eigenvalue weighted by atomic mass is 9.89. The lowest BCUT2D eigenvalue weighted by Crippen LogP contribution is -2.40. The summed E-state index contributed by atoms with van der Waals surface area (Å²) in [5.74, 6) is 0.641. The van der Waals surface area contributed by atoms with Crippen molar-refractivity contribution in [2.45, 2.75) is 38.1 Å². The van der Waals surface area contributed by atoms with Gasteiger partial charge in [0, 0.05) is 48.6 Å². The average molecular weight is 455 g/mol. The zero-order chi connectivity index (χ0) is 22.5. The first-order chi connectivity index (χ1) is 15.5. The molecular formula is C25H31ClN4O2. The smallest absolute Gasteiger partial charge is 0.321 e. The average Bonchev–Trinajstić information content (AvgIpc) is 3.28. The first-order valence-electron chi connectivity index (χ1n) is 11.4. The number of rotatable bonds is 6. The molecule has 2 N–H and O–H groups in total. The quantitative estimate of drug-likeness (QED) is 0.674. The highest BCUT2D eigenvalue weighted by Crippen LogP contribution is 2.29. The molecule has 32 heavy (non-hydrogen) atoms. The first kappa shape index (κ1) is 22.6. The van der Waals surface area contributed by atoms with Gasteiger partial charge in [-0.05, 0) is 74.1 Å². The molecule has 6 nitrogen and oxygen atoms in total. The van der Waals surface area contributed by atoms with Crippen molar-refractivity contribution in [1.29, 1.82) is 0 Å². The highest BCUT2D eigenvalue weighted by Gasteiger charge is 2.25. The molecule has 0 saturated carbocycles. The van der Waals surface area contributed by atoms with Gasteiger partial charge in [0.05, 0.1) is 6.54 Å². The molecule has 2 heterocycles. The molecule has 0 radical (unpaired) electrons. The Morgan fingerprint density at radius 1 is 0.969 bits per heavy atom. The van der Waals surface area contributed by atoms with Gasteiger partial charge in [-0.15, -0.1) is 0 Å². The van der Waals surface area contributed by atoms with E-state index in [-0.39, 0.29) is 11.8 Å². The van der Waals surface area contributed by atoms with Crippen LogP contribution in [0.2, 0.25) is 5.02 Å². The Morgan fingerprint density at radius 2 is 1.66 bits per heavy atom. The van der Waals surface area contributed by atoms with Crippen molar-refractivity contribution >= 4 is 34.8 Å². The maximum Gasteiger partial charge on any atom is 0.321 e. The number of ketones is 1. The summed E-state index contributed by atoms with van der Waals surface area (Å²) in [6.07, 6.45) is 2.95. The van der Waals surface area contributed by atoms with Crippen LogP contribution >= 0.6 is 11.6 Å². The predicted molar refractivity (Wildman–Crippen MR) is 130 cm³/mol. The second-order valence-corrected chi connectivity index (χ2v) is 9.24. The summed E-state index contributed by atoms with van der Waals surface area (Å²) >= 11 is 5.99. The van der Waals surface area contributed by atoms with Crippen LogP contribution in [0.1, 0.15) is 37.7 Å². The number of urea groups is 1. The maximum absolute atomic E-state index is 12.7. The van der Waals surface area contributed by atoms with Gasteiger partial charge >= 0.3 is 6.03 Å². The summed E-state index contributed by atoms with van der Waals surface area (Å²) < 4.78 is 0. The topological polar surface area (TPSA) is 64.7 Å². The van der Waals surface area contributed by atoms with Gasteiger partial charge in [0.1, 0.15) is 5.78 Å². The number of carbonyl (C=O) groups excluding carboxylic acids is 2. The summed E-state index contributed by atoms with van der Waals surface area (Å²) in [6.45, 7) is 5.39. The van der Waals surface area contributed by atoms with E-state index in [0.29, 0.717) is 18.5 Å². The summed E-state index contributed by atoms with van der Waals surface area (Å²) in [5, 5.41) is 7.10. The summed E-state index contributed by atoms with van der Waals surface area (Å²) in [6, 6.07) is 16.4. The molecule has 2 saturated heterocycles. The highest BCUT2D eigenvalue weighted by atomic mass is 35.5. The van der Waals surface area contributed by atoms with E-state index in [0.717, 1.165) is 61.8 Å². The van der Waals surface area contributed by atoms with E-state index in [9.17, 15) is 9.59 Å². The minimum Gasteiger partial charge on any atom is -0.370 e. The summed E-state index contributed by atoms with van der Waals surface area (Å²) in [7, 11) is 0. The Hall–Kier alpha value is -2.57. The van der Waals surface area contributed by atoms with Gasteiger partial charge in [0.25, 0.3) is 0 Å². The Kier molecular flexibility index (Phi) is 7.33. The van der Waals surface area contributed by atoms with Crippen molar-refractivity contribution in [3.8, 4) is 0 Å². The van der Waals surface area contributed by atoms with Crippen LogP contribution in [0.4, 0.5) is 16.2 Å². The molecule has 7 heteroatoms. The molecule has 0 spiro atoms. The molecule has 0 aliphatic carbocycles. The number of carbonyl (C=O) groups is 2. The lowest BCUT2D eigenvalue weighted by molar-refractivity contribution is -0.116. The molecule has 2 aliphatic rings. The van der Waals surface area contributed by atoms with Crippen molar-refractivity contribution in [2.24, 2.45) is 0 Å². The molecular weight excluding hydrogens is 424 g/mol. The molecule has 1 unspecified atom stereocenters. The van der Waals surface area contributed by atoms with Crippen molar-refractivity contribution in [3.05, 3.63) is 59.1 Å². The number of halogens is 1. The van der Waals surface area contributed by atoms with Gasteiger partial charge < -0.3 is 20.4 Å². The molecule has 4 rings (SSSR count). The number of hydrogen-bond acceptors (Lipinski definition) is 4. The van der Waals surface area contributed by atoms with E-state index in [1.54, 1.807) is 6.92 Å². The zero-order valence-electron chi connectivity index (χ0n) is 18.5. The van der Waals surface area contributed by atoms with Gasteiger partial charge in [0.15, 0.2) is 0 Å². The van der Waals surface area contributed by atoms with Crippen LogP contribution in [0.25, 0.3) is 0 Å². The number of piperidine rings is 1. The van der Waals surface area contributed by atoms with Crippen LogP contribution in [0.3, 0.4) is 0 Å². The van der Waals surface area contributed by atoms with E-state index in [2.05, 4.69) is 39.8 Å². The number of likely N-dealkylation sites (tertiary alicyclic amines) is 1. The molecule has 0 bridgehead atoms. The SMILES string of the molecule is CC(=O)CNC1CCN(c2ccc(NC(=O)N3CCC(c4ccc(Cl)cc4)CC3)cc2)C1. The molecule has 2 amide bonds. The van der Waals surface area contributed by atoms with Gasteiger partial charge in [-0.1, -0.05) is 23.7 Å². The second kappa shape index (κ2) is 10.4. The minimum atomic E-state index is -0.0398. The fourth-order valence-corrected chi connectivity index (χ4v) is 4.68. The molecule has 2 fully saturated rings. The van der Waals surface area contributed by atoms with Crippen LogP contribution in [0.15, 0.2) is 48.5 Å². The summed E-state index contributed by atoms with van der Waals surface area (Å²) in [5.41, 5.74) is 3.24. The van der Waals surface area contributed by atoms with Gasteiger partial charge in [0.2, 0.25) is 0 Å². The van der Waals surface area contributed by atoms with Gasteiger partial charge in [-0.3, -0.25) is 4.79 Å². The van der Waals surface area contributed by atoms with Crippen LogP contribution in [-0.2, 0) is 4.79 Å². The third kappa shape index (κ3) is 5.81. The van der Waals surface area contributed by atoms with Crippen molar-refractivity contribution in [3.63, 3.8) is 0 Å². The van der Waals surface area contributed by atoms with Crippen LogP contribution in [0.5, 0.6) is 0 Å². The molecule has 170 valence electrons. The van der Waals surface area contributed by atoms with Gasteiger partial charge in [-0.25, -0.2) is 4.79 Å². The number of nitrogens with one attached hydrogen (secondary N) is 2. The van der Waals surface area contributed by atoms with E-state index in [4.69, 9.17) is 11.6 Å². The molecule has 2 aliphatic heterocycles. The third-order valence-corrected chi connectivity index (χ3v) is 6.69. The van der Waals surface area contributed by atoms with Crippen LogP contribution in [-0.4, -0.2) is 55.5 Å². The van der Waals surface area contributed by atoms with E-state index < -0.39 is 0 Å². The van der Waals surface area contributed by atoms with Crippen LogP contribution in [0, 0.1) is 0 Å². The highest BCUT2D eigenvalue weighted by molar-refractivity contribution is 6.30. The molecule has 2 aromatic carbocycles. The second-order valence-electron chi connectivity index (χ2n) is 8.80. The standard InChI is InChI=1S/C25H31ClN4O2/c1-18(31)16-27-23-12-15-30(17-23)24-8-6-22(7-9-24)28-25(32)29-13-10-20(11-14-29)19-2-4-21(26)5-3-19/h2-9,20,23,27H,10-17H2,1H3,(H,28,32). The molecule has 1 atom stereocenters. The Balaban J connectivity index is 1.24. The largest absolute Gasteiger partial charge is 0.370 e. The number of amides is 2. The minimum absolute atomic E-state index is 0.0398. The number of anilines is 2. The predicted octanol–water partition coefficient (Wildman–Crippen LogP) is 4.51. The lowest BCUT2D eigenvalue weighted by Gasteiger charge is -2.32. The zero-order valence-corrected chi connectivity index (χ0v) is 19.3. The van der Waals surface area contributed by atoms with E-state index >= 15 is 0 Å². The Labute approximate surface area is 194 Å². The van der Waals surface area contributed by atoms with E-state index in [1.165, 1.54) is 5.56 Å².